The third-order valence-corrected chi connectivity index (χ3v) is 4.38. The van der Waals surface area contributed by atoms with Crippen LogP contribution in [0.4, 0.5) is 5.69 Å². The number of halogens is 1. The number of carboxylic acid groups (broad SMARTS) is 1. The van der Waals surface area contributed by atoms with Gasteiger partial charge in [-0.25, -0.2) is 4.79 Å². The van der Waals surface area contributed by atoms with E-state index < -0.39 is 5.97 Å². The summed E-state index contributed by atoms with van der Waals surface area (Å²) >= 11 is 3.55. The average molecular weight is 398 g/mol. The Kier molecular flexibility index (Phi) is 5.36. The van der Waals surface area contributed by atoms with Gasteiger partial charge in [-0.15, -0.1) is 0 Å². The smallest absolute Gasteiger partial charge is 0.335 e. The van der Waals surface area contributed by atoms with Crippen molar-refractivity contribution >= 4 is 27.6 Å². The fourth-order valence-electron chi connectivity index (χ4n) is 2.30. The summed E-state index contributed by atoms with van der Waals surface area (Å²) in [5, 5.41) is 12.3. The molecule has 25 heavy (non-hydrogen) atoms. The number of nitrogens with one attached hydrogen (secondary N) is 1. The molecule has 0 saturated heterocycles. The average Bonchev–Trinajstić information content (AvgIpc) is 2.63. The Bertz CT molecular complexity index is 864. The van der Waals surface area contributed by atoms with Crippen molar-refractivity contribution in [1.29, 1.82) is 0 Å². The van der Waals surface area contributed by atoms with Crippen molar-refractivity contribution in [2.75, 3.05) is 5.32 Å². The van der Waals surface area contributed by atoms with E-state index in [0.29, 0.717) is 18.0 Å². The maximum absolute atomic E-state index is 10.9. The van der Waals surface area contributed by atoms with Gasteiger partial charge < -0.3 is 15.2 Å². The van der Waals surface area contributed by atoms with Gasteiger partial charge in [0.05, 0.1) is 5.56 Å². The summed E-state index contributed by atoms with van der Waals surface area (Å²) in [6, 6.07) is 22.1. The van der Waals surface area contributed by atoms with Crippen molar-refractivity contribution in [2.45, 2.75) is 6.54 Å². The largest absolute Gasteiger partial charge is 0.478 e. The fraction of sp³-hybridized carbons (Fsp3) is 0.0500. The normalized spacial score (nSPS) is 10.3. The number of carbonyl (C=O) groups is 1. The number of carboxylic acids is 1. The van der Waals surface area contributed by atoms with Crippen molar-refractivity contribution < 1.29 is 14.6 Å². The van der Waals surface area contributed by atoms with Gasteiger partial charge in [-0.05, 0) is 60.2 Å². The van der Waals surface area contributed by atoms with Gasteiger partial charge >= 0.3 is 5.97 Å². The third kappa shape index (κ3) is 4.61. The lowest BCUT2D eigenvalue weighted by molar-refractivity contribution is 0.0697. The number of ether oxygens (including phenoxy) is 1. The number of anilines is 1. The molecule has 0 aliphatic carbocycles. The van der Waals surface area contributed by atoms with Gasteiger partial charge in [-0.1, -0.05) is 34.1 Å². The summed E-state index contributed by atoms with van der Waals surface area (Å²) in [6.07, 6.45) is 0. The van der Waals surface area contributed by atoms with Crippen LogP contribution in [0.3, 0.4) is 0 Å². The number of hydrogen-bond acceptors (Lipinski definition) is 3. The molecule has 0 radical (unpaired) electrons. The molecule has 2 N–H and O–H groups in total. The lowest BCUT2D eigenvalue weighted by atomic mass is 10.2. The molecule has 0 saturated carbocycles. The van der Waals surface area contributed by atoms with Gasteiger partial charge in [0, 0.05) is 16.7 Å². The first-order valence-electron chi connectivity index (χ1n) is 7.70. The molecule has 0 atom stereocenters. The van der Waals surface area contributed by atoms with Crippen LogP contribution in [0.25, 0.3) is 0 Å². The number of para-hydroxylation sites is 1. The lowest BCUT2D eigenvalue weighted by Crippen LogP contribution is -2.00. The molecule has 0 unspecified atom stereocenters. The molecule has 3 aromatic rings. The Morgan fingerprint density at radius 1 is 0.960 bits per heavy atom. The van der Waals surface area contributed by atoms with Crippen LogP contribution in [0.5, 0.6) is 11.5 Å². The van der Waals surface area contributed by atoms with E-state index in [1.54, 1.807) is 12.1 Å². The van der Waals surface area contributed by atoms with Gasteiger partial charge in [-0.3, -0.25) is 0 Å². The molecular weight excluding hydrogens is 382 g/mol. The minimum atomic E-state index is -0.954. The third-order valence-electron chi connectivity index (χ3n) is 3.61. The molecule has 126 valence electrons. The quantitative estimate of drug-likeness (QED) is 0.572. The van der Waals surface area contributed by atoms with Crippen LogP contribution in [-0.2, 0) is 6.54 Å². The highest BCUT2D eigenvalue weighted by molar-refractivity contribution is 9.10. The van der Waals surface area contributed by atoms with Crippen molar-refractivity contribution in [1.82, 2.24) is 0 Å². The minimum absolute atomic E-state index is 0.232. The SMILES string of the molecule is O=C(O)c1ccc(Oc2ccc(Br)c(CNc3ccccc3)c2)cc1. The highest BCUT2D eigenvalue weighted by Gasteiger charge is 2.06. The predicted octanol–water partition coefficient (Wildman–Crippen LogP) is 5.55. The van der Waals surface area contributed by atoms with Gasteiger partial charge in [0.25, 0.3) is 0 Å². The summed E-state index contributed by atoms with van der Waals surface area (Å²) in [5.41, 5.74) is 2.34. The number of hydrogen-bond donors (Lipinski definition) is 2. The Morgan fingerprint density at radius 3 is 2.32 bits per heavy atom. The van der Waals surface area contributed by atoms with Crippen LogP contribution in [0, 0.1) is 0 Å². The van der Waals surface area contributed by atoms with Gasteiger partial charge in [-0.2, -0.15) is 0 Å². The first-order chi connectivity index (χ1) is 12.1. The van der Waals surface area contributed by atoms with E-state index in [1.165, 1.54) is 12.1 Å². The molecule has 5 heteroatoms. The van der Waals surface area contributed by atoms with E-state index in [1.807, 2.05) is 48.5 Å². The molecule has 0 aromatic heterocycles. The van der Waals surface area contributed by atoms with Crippen LogP contribution >= 0.6 is 15.9 Å². The van der Waals surface area contributed by atoms with Crippen molar-refractivity contribution in [2.24, 2.45) is 0 Å². The predicted molar refractivity (Wildman–Crippen MR) is 101 cm³/mol. The van der Waals surface area contributed by atoms with E-state index in [4.69, 9.17) is 9.84 Å². The maximum Gasteiger partial charge on any atom is 0.335 e. The number of rotatable bonds is 6. The molecule has 0 heterocycles. The van der Waals surface area contributed by atoms with E-state index in [2.05, 4.69) is 21.2 Å². The second-order valence-electron chi connectivity index (χ2n) is 5.40. The standard InChI is InChI=1S/C20H16BrNO3/c21-19-11-10-18(25-17-8-6-14(7-9-17)20(23)24)12-15(19)13-22-16-4-2-1-3-5-16/h1-12,22H,13H2,(H,23,24). The monoisotopic (exact) mass is 397 g/mol. The molecule has 3 rings (SSSR count). The maximum atomic E-state index is 10.9. The minimum Gasteiger partial charge on any atom is -0.478 e. The van der Waals surface area contributed by atoms with E-state index in [9.17, 15) is 4.79 Å². The molecule has 0 aliphatic heterocycles. The van der Waals surface area contributed by atoms with Crippen molar-refractivity contribution in [3.63, 3.8) is 0 Å². The van der Waals surface area contributed by atoms with Crippen LogP contribution in [0.2, 0.25) is 0 Å². The Morgan fingerprint density at radius 2 is 1.64 bits per heavy atom. The topological polar surface area (TPSA) is 58.6 Å². The first kappa shape index (κ1) is 17.0. The molecule has 4 nitrogen and oxygen atoms in total. The molecule has 0 amide bonds. The van der Waals surface area contributed by atoms with Crippen molar-refractivity contribution in [3.8, 4) is 11.5 Å². The second-order valence-corrected chi connectivity index (χ2v) is 6.26. The zero-order chi connectivity index (χ0) is 17.6. The van der Waals surface area contributed by atoms with Gasteiger partial charge in [0.2, 0.25) is 0 Å². The summed E-state index contributed by atoms with van der Waals surface area (Å²) in [4.78, 5) is 10.9. The Hall–Kier alpha value is -2.79. The number of aromatic carboxylic acids is 1. The lowest BCUT2D eigenvalue weighted by Gasteiger charge is -2.11. The summed E-state index contributed by atoms with van der Waals surface area (Å²) in [5.74, 6) is 0.329. The zero-order valence-electron chi connectivity index (χ0n) is 13.3. The summed E-state index contributed by atoms with van der Waals surface area (Å²) in [6.45, 7) is 0.653. The van der Waals surface area contributed by atoms with Gasteiger partial charge in [0.1, 0.15) is 11.5 Å². The van der Waals surface area contributed by atoms with Crippen LogP contribution in [0.15, 0.2) is 77.3 Å². The molecule has 0 fully saturated rings. The van der Waals surface area contributed by atoms with Crippen molar-refractivity contribution in [3.05, 3.63) is 88.4 Å². The molecule has 3 aromatic carbocycles. The van der Waals surface area contributed by atoms with E-state index >= 15 is 0 Å². The Labute approximate surface area is 154 Å². The molecule has 0 bridgehead atoms. The molecule has 0 spiro atoms. The first-order valence-corrected chi connectivity index (χ1v) is 8.50. The van der Waals surface area contributed by atoms with Crippen LogP contribution < -0.4 is 10.1 Å². The summed E-state index contributed by atoms with van der Waals surface area (Å²) in [7, 11) is 0. The highest BCUT2D eigenvalue weighted by atomic mass is 79.9. The van der Waals surface area contributed by atoms with Gasteiger partial charge in [0.15, 0.2) is 0 Å². The number of benzene rings is 3. The highest BCUT2D eigenvalue weighted by Crippen LogP contribution is 2.27. The molecular formula is C20H16BrNO3. The van der Waals surface area contributed by atoms with E-state index in [-0.39, 0.29) is 5.56 Å². The molecule has 0 aliphatic rings. The fourth-order valence-corrected chi connectivity index (χ4v) is 2.69. The zero-order valence-corrected chi connectivity index (χ0v) is 14.9. The summed E-state index contributed by atoms with van der Waals surface area (Å²) < 4.78 is 6.81. The second kappa shape index (κ2) is 7.85. The van der Waals surface area contributed by atoms with Crippen LogP contribution in [0.1, 0.15) is 15.9 Å². The Balaban J connectivity index is 1.71. The van der Waals surface area contributed by atoms with Crippen LogP contribution in [-0.4, -0.2) is 11.1 Å². The van der Waals surface area contributed by atoms with E-state index in [0.717, 1.165) is 15.7 Å².